The van der Waals surface area contributed by atoms with E-state index in [4.69, 9.17) is 14.6 Å². The standard InChI is InChI=1S/C26H24N2O7S.H2/c1-16-2-6-19(13-21(16)17-3-7-20(8-4-17)36(32,33)27-14-24(29)30)28-25(31)26(10-11-26)18-5-9-22-23(12-18)35-15-34-22;/h2-9,12-13,27H,10-11,14-15H2,1H3,(H,28,31)(H,29,30);1H. The van der Waals surface area contributed by atoms with Crippen molar-refractivity contribution in [2.45, 2.75) is 30.1 Å². The van der Waals surface area contributed by atoms with Crippen LogP contribution in [0.15, 0.2) is 65.6 Å². The number of carbonyl (C=O) groups excluding carboxylic acids is 1. The normalized spacial score (nSPS) is 15.4. The largest absolute Gasteiger partial charge is 0.480 e. The Morgan fingerprint density at radius 1 is 1.00 bits per heavy atom. The molecule has 1 aliphatic heterocycles. The topological polar surface area (TPSA) is 131 Å². The number of hydrogen-bond acceptors (Lipinski definition) is 6. The van der Waals surface area contributed by atoms with Crippen LogP contribution in [0, 0.1) is 6.92 Å². The van der Waals surface area contributed by atoms with Gasteiger partial charge >= 0.3 is 5.97 Å². The van der Waals surface area contributed by atoms with Gasteiger partial charge in [-0.3, -0.25) is 9.59 Å². The number of ether oxygens (including phenoxy) is 2. The Bertz CT molecular complexity index is 1470. The van der Waals surface area contributed by atoms with Gasteiger partial charge in [-0.15, -0.1) is 0 Å². The number of hydrogen-bond donors (Lipinski definition) is 3. The van der Waals surface area contributed by atoms with Gasteiger partial charge in [0.25, 0.3) is 0 Å². The third-order valence-electron chi connectivity index (χ3n) is 6.49. The molecule has 1 saturated carbocycles. The summed E-state index contributed by atoms with van der Waals surface area (Å²) >= 11 is 0. The molecule has 0 spiro atoms. The SMILES string of the molecule is Cc1ccc(NC(=O)C2(c3ccc4c(c3)OCO4)CC2)cc1-c1ccc(S(=O)(=O)NCC(=O)O)cc1.[HH]. The summed E-state index contributed by atoms with van der Waals surface area (Å²) in [6, 6.07) is 17.3. The van der Waals surface area contributed by atoms with Crippen LogP contribution in [0.5, 0.6) is 11.5 Å². The molecule has 1 aliphatic carbocycles. The number of aryl methyl sites for hydroxylation is 1. The van der Waals surface area contributed by atoms with Crippen LogP contribution in [0.1, 0.15) is 25.4 Å². The Hall–Kier alpha value is -3.89. The Morgan fingerprint density at radius 2 is 1.72 bits per heavy atom. The molecule has 0 saturated heterocycles. The monoisotopic (exact) mass is 510 g/mol. The molecule has 0 bridgehead atoms. The molecule has 188 valence electrons. The fourth-order valence-corrected chi connectivity index (χ4v) is 5.26. The molecule has 0 atom stereocenters. The van der Waals surface area contributed by atoms with Gasteiger partial charge in [-0.1, -0.05) is 24.3 Å². The van der Waals surface area contributed by atoms with E-state index in [9.17, 15) is 18.0 Å². The first-order valence-electron chi connectivity index (χ1n) is 11.3. The quantitative estimate of drug-likeness (QED) is 0.421. The average molecular weight is 511 g/mol. The van der Waals surface area contributed by atoms with Crippen molar-refractivity contribution >= 4 is 27.6 Å². The molecule has 0 aromatic heterocycles. The van der Waals surface area contributed by atoms with Crippen molar-refractivity contribution in [1.29, 1.82) is 0 Å². The van der Waals surface area contributed by atoms with E-state index in [0.717, 1.165) is 35.1 Å². The predicted molar refractivity (Wildman–Crippen MR) is 134 cm³/mol. The number of aliphatic carboxylic acids is 1. The van der Waals surface area contributed by atoms with E-state index in [1.807, 2.05) is 48.0 Å². The van der Waals surface area contributed by atoms with Crippen molar-refractivity contribution in [1.82, 2.24) is 4.72 Å². The average Bonchev–Trinajstić information content (AvgIpc) is 3.55. The Morgan fingerprint density at radius 3 is 2.42 bits per heavy atom. The highest BCUT2D eigenvalue weighted by Gasteiger charge is 2.51. The second-order valence-corrected chi connectivity index (χ2v) is 10.6. The van der Waals surface area contributed by atoms with Gasteiger partial charge in [0, 0.05) is 7.11 Å². The molecule has 5 rings (SSSR count). The molecule has 36 heavy (non-hydrogen) atoms. The van der Waals surface area contributed by atoms with Crippen molar-refractivity contribution in [3.63, 3.8) is 0 Å². The molecule has 1 fully saturated rings. The summed E-state index contributed by atoms with van der Waals surface area (Å²) in [7, 11) is -3.93. The molecule has 2 aliphatic rings. The van der Waals surface area contributed by atoms with Gasteiger partial charge in [-0.2, -0.15) is 4.72 Å². The summed E-state index contributed by atoms with van der Waals surface area (Å²) in [5, 5.41) is 11.8. The first-order chi connectivity index (χ1) is 17.2. The Balaban J connectivity index is 0.00000320. The highest BCUT2D eigenvalue weighted by atomic mass is 32.2. The van der Waals surface area contributed by atoms with E-state index in [2.05, 4.69) is 5.32 Å². The van der Waals surface area contributed by atoms with Crippen LogP contribution in [0.2, 0.25) is 0 Å². The summed E-state index contributed by atoms with van der Waals surface area (Å²) in [6.45, 7) is 1.41. The Labute approximate surface area is 209 Å². The van der Waals surface area contributed by atoms with Gasteiger partial charge in [0.05, 0.1) is 10.3 Å². The molecule has 1 amide bonds. The third kappa shape index (κ3) is 4.52. The van der Waals surface area contributed by atoms with Crippen molar-refractivity contribution < 1.29 is 34.0 Å². The lowest BCUT2D eigenvalue weighted by Crippen LogP contribution is -2.29. The minimum Gasteiger partial charge on any atom is -0.480 e. The van der Waals surface area contributed by atoms with E-state index >= 15 is 0 Å². The minimum absolute atomic E-state index is 0. The minimum atomic E-state index is -3.93. The fraction of sp³-hybridized carbons (Fsp3) is 0.231. The zero-order valence-electron chi connectivity index (χ0n) is 19.4. The summed E-state index contributed by atoms with van der Waals surface area (Å²) in [6.07, 6.45) is 1.48. The number of carboxylic acids is 1. The summed E-state index contributed by atoms with van der Waals surface area (Å²) in [4.78, 5) is 23.9. The van der Waals surface area contributed by atoms with Crippen LogP contribution < -0.4 is 19.5 Å². The first-order valence-corrected chi connectivity index (χ1v) is 12.8. The maximum Gasteiger partial charge on any atom is 0.318 e. The predicted octanol–water partition coefficient (Wildman–Crippen LogP) is 3.67. The molecular formula is C26H26N2O7S. The van der Waals surface area contributed by atoms with Crippen LogP contribution >= 0.6 is 0 Å². The van der Waals surface area contributed by atoms with Crippen LogP contribution in [0.4, 0.5) is 5.69 Å². The lowest BCUT2D eigenvalue weighted by atomic mass is 9.94. The highest BCUT2D eigenvalue weighted by Crippen LogP contribution is 2.51. The summed E-state index contributed by atoms with van der Waals surface area (Å²) < 4.78 is 37.4. The second-order valence-electron chi connectivity index (χ2n) is 8.88. The van der Waals surface area contributed by atoms with Gasteiger partial charge in [0.15, 0.2) is 11.5 Å². The number of nitrogens with one attached hydrogen (secondary N) is 2. The van der Waals surface area contributed by atoms with Crippen LogP contribution in [0.25, 0.3) is 11.1 Å². The summed E-state index contributed by atoms with van der Waals surface area (Å²) in [5.41, 5.74) is 3.47. The number of amides is 1. The molecule has 3 N–H and O–H groups in total. The lowest BCUT2D eigenvalue weighted by molar-refractivity contribution is -0.135. The second kappa shape index (κ2) is 8.96. The number of carboxylic acid groups (broad SMARTS) is 1. The number of fused-ring (bicyclic) bond motifs is 1. The van der Waals surface area contributed by atoms with Crippen molar-refractivity contribution in [2.75, 3.05) is 18.7 Å². The van der Waals surface area contributed by atoms with Crippen molar-refractivity contribution in [3.05, 3.63) is 71.8 Å². The fourth-order valence-electron chi connectivity index (χ4n) is 4.28. The summed E-state index contributed by atoms with van der Waals surface area (Å²) in [5.74, 6) is -0.0410. The van der Waals surface area contributed by atoms with E-state index in [1.165, 1.54) is 12.1 Å². The molecular weight excluding hydrogens is 484 g/mol. The van der Waals surface area contributed by atoms with E-state index in [1.54, 1.807) is 12.1 Å². The van der Waals surface area contributed by atoms with Crippen molar-refractivity contribution in [2.24, 2.45) is 0 Å². The smallest absolute Gasteiger partial charge is 0.318 e. The van der Waals surface area contributed by atoms with E-state index < -0.39 is 28.0 Å². The van der Waals surface area contributed by atoms with Gasteiger partial charge in [-0.25, -0.2) is 8.42 Å². The maximum atomic E-state index is 13.3. The number of anilines is 1. The van der Waals surface area contributed by atoms with Gasteiger partial charge in [0.2, 0.25) is 22.7 Å². The molecule has 0 unspecified atom stereocenters. The highest BCUT2D eigenvalue weighted by molar-refractivity contribution is 7.89. The van der Waals surface area contributed by atoms with E-state index in [-0.39, 0.29) is 19.0 Å². The molecule has 0 radical (unpaired) electrons. The third-order valence-corrected chi connectivity index (χ3v) is 7.91. The number of rotatable bonds is 8. The molecule has 9 nitrogen and oxygen atoms in total. The molecule has 3 aromatic rings. The number of sulfonamides is 1. The number of benzene rings is 3. The molecule has 1 heterocycles. The van der Waals surface area contributed by atoms with Gasteiger partial charge in [0.1, 0.15) is 6.54 Å². The van der Waals surface area contributed by atoms with Crippen LogP contribution in [0.3, 0.4) is 0 Å². The zero-order chi connectivity index (χ0) is 25.5. The lowest BCUT2D eigenvalue weighted by Gasteiger charge is -2.17. The maximum absolute atomic E-state index is 13.3. The number of carbonyl (C=O) groups is 2. The van der Waals surface area contributed by atoms with Crippen LogP contribution in [-0.2, 0) is 25.0 Å². The Kier molecular flexibility index (Phi) is 5.93. The molecule has 10 heteroatoms. The van der Waals surface area contributed by atoms with Gasteiger partial charge < -0.3 is 19.9 Å². The first kappa shape index (κ1) is 23.8. The van der Waals surface area contributed by atoms with E-state index in [0.29, 0.717) is 17.2 Å². The molecule has 3 aromatic carbocycles. The van der Waals surface area contributed by atoms with Crippen LogP contribution in [-0.4, -0.2) is 38.7 Å². The van der Waals surface area contributed by atoms with Gasteiger partial charge in [-0.05, 0) is 78.4 Å². The van der Waals surface area contributed by atoms with Crippen molar-refractivity contribution in [3.8, 4) is 22.6 Å². The zero-order valence-corrected chi connectivity index (χ0v) is 20.2.